The van der Waals surface area contributed by atoms with E-state index in [1.807, 2.05) is 13.8 Å². The monoisotopic (exact) mass is 276 g/mol. The number of hydroxylamine groups is 1. The number of ether oxygens (including phenoxy) is 1. The van der Waals surface area contributed by atoms with Gasteiger partial charge in [-0.3, -0.25) is 10.3 Å². The van der Waals surface area contributed by atoms with Crippen LogP contribution in [0.15, 0.2) is 29.3 Å². The van der Waals surface area contributed by atoms with E-state index in [1.165, 1.54) is 31.4 Å². The van der Waals surface area contributed by atoms with Crippen LogP contribution in [0.4, 0.5) is 18.9 Å². The number of benzene rings is 1. The molecule has 0 aliphatic carbocycles. The molecule has 4 nitrogen and oxygen atoms in total. The number of nitrogens with one attached hydrogen (secondary N) is 1. The van der Waals surface area contributed by atoms with Crippen LogP contribution in [0.3, 0.4) is 0 Å². The van der Waals surface area contributed by atoms with Crippen molar-refractivity contribution in [2.24, 2.45) is 10.9 Å². The zero-order valence-corrected chi connectivity index (χ0v) is 10.8. The van der Waals surface area contributed by atoms with E-state index >= 15 is 0 Å². The summed E-state index contributed by atoms with van der Waals surface area (Å²) < 4.78 is 39.7. The summed E-state index contributed by atoms with van der Waals surface area (Å²) in [6.45, 7) is 3.82. The summed E-state index contributed by atoms with van der Waals surface area (Å²) in [4.78, 5) is 9.00. The molecule has 0 bridgehead atoms. The Kier molecular flexibility index (Phi) is 5.17. The summed E-state index contributed by atoms with van der Waals surface area (Å²) in [5.74, 6) is 0.385. The molecule has 1 rings (SSSR count). The molecular weight excluding hydrogens is 261 g/mol. The molecule has 1 N–H and O–H groups in total. The fourth-order valence-corrected chi connectivity index (χ4v) is 1.24. The van der Waals surface area contributed by atoms with Crippen molar-refractivity contribution in [3.05, 3.63) is 24.3 Å². The summed E-state index contributed by atoms with van der Waals surface area (Å²) in [5, 5.41) is 0. The molecule has 0 saturated heterocycles. The standard InChI is InChI=1S/C12H15F3N2O2/c1-8(2)11(17-18-3)16-9-4-6-10(7-5-9)19-12(13,14)15/h4-8H,1-3H3,(H,16,17). The first-order valence-electron chi connectivity index (χ1n) is 5.55. The maximum Gasteiger partial charge on any atom is 0.573 e. The first-order valence-corrected chi connectivity index (χ1v) is 5.55. The number of alkyl halides is 3. The molecule has 0 heterocycles. The minimum Gasteiger partial charge on any atom is -0.406 e. The van der Waals surface area contributed by atoms with Crippen LogP contribution in [-0.4, -0.2) is 19.3 Å². The second-order valence-electron chi connectivity index (χ2n) is 4.00. The number of aliphatic imine (C=N–C) groups is 1. The number of nitrogens with zero attached hydrogens (tertiary/aromatic N) is 1. The Hall–Kier alpha value is -1.76. The second-order valence-corrected chi connectivity index (χ2v) is 4.00. The average molecular weight is 276 g/mol. The highest BCUT2D eigenvalue weighted by atomic mass is 19.4. The van der Waals surface area contributed by atoms with E-state index in [9.17, 15) is 13.2 Å². The number of hydrogen-bond donors (Lipinski definition) is 1. The minimum atomic E-state index is -4.69. The Morgan fingerprint density at radius 1 is 1.21 bits per heavy atom. The molecule has 0 fully saturated rings. The van der Waals surface area contributed by atoms with Crippen LogP contribution in [0.5, 0.6) is 5.75 Å². The molecule has 106 valence electrons. The Balaban J connectivity index is 2.83. The highest BCUT2D eigenvalue weighted by molar-refractivity contribution is 5.85. The molecule has 7 heteroatoms. The Bertz CT molecular complexity index is 428. The molecule has 0 spiro atoms. The van der Waals surface area contributed by atoms with Gasteiger partial charge in [0, 0.05) is 5.92 Å². The third-order valence-electron chi connectivity index (χ3n) is 2.07. The quantitative estimate of drug-likeness (QED) is 0.520. The van der Waals surface area contributed by atoms with Gasteiger partial charge in [-0.1, -0.05) is 13.8 Å². The molecule has 1 aromatic carbocycles. The lowest BCUT2D eigenvalue weighted by Crippen LogP contribution is -2.26. The Labute approximate surface area is 109 Å². The van der Waals surface area contributed by atoms with E-state index in [2.05, 4.69) is 15.2 Å². The van der Waals surface area contributed by atoms with Gasteiger partial charge in [0.25, 0.3) is 0 Å². The van der Waals surface area contributed by atoms with Crippen LogP contribution in [0.2, 0.25) is 0 Å². The van der Waals surface area contributed by atoms with Gasteiger partial charge in [-0.2, -0.15) is 0 Å². The summed E-state index contributed by atoms with van der Waals surface area (Å²) in [6, 6.07) is 5.27. The molecule has 0 aliphatic heterocycles. The zero-order chi connectivity index (χ0) is 14.5. The van der Waals surface area contributed by atoms with Crippen molar-refractivity contribution in [2.75, 3.05) is 7.11 Å². The molecule has 0 saturated carbocycles. The smallest absolute Gasteiger partial charge is 0.406 e. The first-order chi connectivity index (χ1) is 8.81. The van der Waals surface area contributed by atoms with Gasteiger partial charge in [-0.05, 0) is 24.3 Å². The summed E-state index contributed by atoms with van der Waals surface area (Å²) >= 11 is 0. The van der Waals surface area contributed by atoms with Crippen LogP contribution in [0.25, 0.3) is 0 Å². The number of hydrogen-bond acceptors (Lipinski definition) is 3. The summed E-state index contributed by atoms with van der Waals surface area (Å²) in [6.07, 6.45) is -4.69. The normalized spacial score (nSPS) is 12.7. The third kappa shape index (κ3) is 5.60. The third-order valence-corrected chi connectivity index (χ3v) is 2.07. The Morgan fingerprint density at radius 3 is 2.21 bits per heavy atom. The predicted molar refractivity (Wildman–Crippen MR) is 65.2 cm³/mol. The molecule has 0 aliphatic rings. The molecule has 1 aromatic rings. The minimum absolute atomic E-state index is 0.0889. The van der Waals surface area contributed by atoms with E-state index in [1.54, 1.807) is 0 Å². The molecule has 0 aromatic heterocycles. The maximum absolute atomic E-state index is 12.0. The fourth-order valence-electron chi connectivity index (χ4n) is 1.24. The number of halogens is 3. The van der Waals surface area contributed by atoms with E-state index in [-0.39, 0.29) is 11.7 Å². The van der Waals surface area contributed by atoms with Crippen molar-refractivity contribution in [3.63, 3.8) is 0 Å². The zero-order valence-electron chi connectivity index (χ0n) is 10.8. The highest BCUT2D eigenvalue weighted by Gasteiger charge is 2.30. The van der Waals surface area contributed by atoms with E-state index in [0.717, 1.165) is 0 Å². The van der Waals surface area contributed by atoms with E-state index < -0.39 is 6.36 Å². The van der Waals surface area contributed by atoms with E-state index in [4.69, 9.17) is 4.84 Å². The molecular formula is C12H15F3N2O2. The highest BCUT2D eigenvalue weighted by Crippen LogP contribution is 2.25. The van der Waals surface area contributed by atoms with Crippen molar-refractivity contribution in [1.29, 1.82) is 0 Å². The van der Waals surface area contributed by atoms with Crippen LogP contribution in [-0.2, 0) is 4.84 Å². The predicted octanol–water partition coefficient (Wildman–Crippen LogP) is 3.42. The molecule has 0 atom stereocenters. The largest absolute Gasteiger partial charge is 0.573 e. The van der Waals surface area contributed by atoms with Crippen molar-refractivity contribution in [3.8, 4) is 5.75 Å². The van der Waals surface area contributed by atoms with Gasteiger partial charge in [-0.15, -0.1) is 13.2 Å². The van der Waals surface area contributed by atoms with Crippen LogP contribution in [0.1, 0.15) is 13.8 Å². The van der Waals surface area contributed by atoms with E-state index in [0.29, 0.717) is 11.5 Å². The lowest BCUT2D eigenvalue weighted by atomic mass is 10.2. The van der Waals surface area contributed by atoms with Crippen LogP contribution >= 0.6 is 0 Å². The fraction of sp³-hybridized carbons (Fsp3) is 0.417. The van der Waals surface area contributed by atoms with Gasteiger partial charge in [-0.25, -0.2) is 4.99 Å². The van der Waals surface area contributed by atoms with Gasteiger partial charge in [0.05, 0.1) is 12.8 Å². The molecule has 0 unspecified atom stereocenters. The summed E-state index contributed by atoms with van der Waals surface area (Å²) in [7, 11) is 1.46. The number of rotatable bonds is 4. The van der Waals surface area contributed by atoms with Gasteiger partial charge in [0.1, 0.15) is 11.6 Å². The number of amidine groups is 1. The molecule has 19 heavy (non-hydrogen) atoms. The van der Waals surface area contributed by atoms with Gasteiger partial charge in [0.2, 0.25) is 0 Å². The van der Waals surface area contributed by atoms with Gasteiger partial charge < -0.3 is 4.74 Å². The van der Waals surface area contributed by atoms with Crippen molar-refractivity contribution >= 4 is 11.5 Å². The topological polar surface area (TPSA) is 42.8 Å². The lowest BCUT2D eigenvalue weighted by molar-refractivity contribution is -0.274. The summed E-state index contributed by atoms with van der Waals surface area (Å²) in [5.41, 5.74) is 3.12. The van der Waals surface area contributed by atoms with Crippen LogP contribution in [0, 0.1) is 5.92 Å². The van der Waals surface area contributed by atoms with Crippen LogP contribution < -0.4 is 10.2 Å². The van der Waals surface area contributed by atoms with Crippen molar-refractivity contribution in [1.82, 2.24) is 5.48 Å². The van der Waals surface area contributed by atoms with Gasteiger partial charge in [0.15, 0.2) is 0 Å². The van der Waals surface area contributed by atoms with Crippen molar-refractivity contribution < 1.29 is 22.7 Å². The maximum atomic E-state index is 12.0. The SMILES string of the molecule is CONC(=Nc1ccc(OC(F)(F)F)cc1)C(C)C. The first kappa shape index (κ1) is 15.3. The Morgan fingerprint density at radius 2 is 1.79 bits per heavy atom. The lowest BCUT2D eigenvalue weighted by Gasteiger charge is -2.11. The molecule has 0 amide bonds. The van der Waals surface area contributed by atoms with Gasteiger partial charge >= 0.3 is 6.36 Å². The average Bonchev–Trinajstić information content (AvgIpc) is 2.29. The second kappa shape index (κ2) is 6.42. The molecule has 0 radical (unpaired) electrons. The van der Waals surface area contributed by atoms with Crippen molar-refractivity contribution in [2.45, 2.75) is 20.2 Å².